The average Bonchev–Trinajstić information content (AvgIpc) is 3.50. The van der Waals surface area contributed by atoms with Crippen molar-refractivity contribution in [3.05, 3.63) is 59.9 Å². The van der Waals surface area contributed by atoms with E-state index in [1.807, 2.05) is 12.1 Å². The molecule has 2 aliphatic rings. The van der Waals surface area contributed by atoms with Gasteiger partial charge in [-0.15, -0.1) is 0 Å². The van der Waals surface area contributed by atoms with Crippen molar-refractivity contribution in [2.24, 2.45) is 5.92 Å². The van der Waals surface area contributed by atoms with Gasteiger partial charge in [0.05, 0.1) is 12.5 Å². The third-order valence-corrected chi connectivity index (χ3v) is 5.04. The Bertz CT molecular complexity index is 832. The second-order valence-electron chi connectivity index (χ2n) is 7.00. The Hall–Kier alpha value is -2.73. The predicted molar refractivity (Wildman–Crippen MR) is 100 cm³/mol. The Labute approximate surface area is 157 Å². The third kappa shape index (κ3) is 4.01. The highest BCUT2D eigenvalue weighted by molar-refractivity contribution is 5.97. The molecule has 2 fully saturated rings. The molecule has 2 aromatic rings. The molecule has 140 valence electrons. The number of nitrogens with zero attached hydrogens (tertiary/aromatic N) is 1. The van der Waals surface area contributed by atoms with Gasteiger partial charge in [0.2, 0.25) is 5.91 Å². The predicted octanol–water partition coefficient (Wildman–Crippen LogP) is 3.32. The summed E-state index contributed by atoms with van der Waals surface area (Å²) in [7, 11) is 0. The second kappa shape index (κ2) is 7.48. The molecule has 0 aromatic heterocycles. The van der Waals surface area contributed by atoms with Crippen LogP contribution in [0.15, 0.2) is 48.5 Å². The molecule has 1 heterocycles. The minimum Gasteiger partial charge on any atom is -0.370 e. The molecule has 1 atom stereocenters. The van der Waals surface area contributed by atoms with E-state index in [0.29, 0.717) is 24.8 Å². The molecule has 5 nitrogen and oxygen atoms in total. The third-order valence-electron chi connectivity index (χ3n) is 5.04. The zero-order valence-electron chi connectivity index (χ0n) is 14.9. The molecular weight excluding hydrogens is 347 g/mol. The Morgan fingerprint density at radius 2 is 1.81 bits per heavy atom. The van der Waals surface area contributed by atoms with E-state index >= 15 is 0 Å². The van der Waals surface area contributed by atoms with E-state index in [-0.39, 0.29) is 30.2 Å². The maximum atomic E-state index is 13.2. The highest BCUT2D eigenvalue weighted by Crippen LogP contribution is 2.43. The zero-order chi connectivity index (χ0) is 18.8. The number of benzene rings is 2. The zero-order valence-corrected chi connectivity index (χ0v) is 14.9. The first-order chi connectivity index (χ1) is 13.1. The molecule has 2 aromatic carbocycles. The first-order valence-corrected chi connectivity index (χ1v) is 9.16. The van der Waals surface area contributed by atoms with Crippen LogP contribution in [-0.2, 0) is 14.3 Å². The van der Waals surface area contributed by atoms with Gasteiger partial charge in [-0.25, -0.2) is 4.39 Å². The molecule has 6 heteroatoms. The van der Waals surface area contributed by atoms with Crippen LogP contribution < -0.4 is 10.2 Å². The van der Waals surface area contributed by atoms with Crippen LogP contribution in [-0.4, -0.2) is 31.6 Å². The van der Waals surface area contributed by atoms with Gasteiger partial charge in [-0.3, -0.25) is 9.59 Å². The van der Waals surface area contributed by atoms with Crippen molar-refractivity contribution < 1.29 is 18.7 Å². The summed E-state index contributed by atoms with van der Waals surface area (Å²) in [6, 6.07) is 13.4. The van der Waals surface area contributed by atoms with Gasteiger partial charge in [0.1, 0.15) is 12.4 Å². The number of carbonyl (C=O) groups is 2. The molecule has 1 saturated carbocycles. The minimum atomic E-state index is -0.304. The van der Waals surface area contributed by atoms with Crippen LogP contribution >= 0.6 is 0 Å². The fourth-order valence-electron chi connectivity index (χ4n) is 3.47. The van der Waals surface area contributed by atoms with Crippen molar-refractivity contribution in [2.45, 2.75) is 18.8 Å². The van der Waals surface area contributed by atoms with E-state index < -0.39 is 0 Å². The molecule has 1 unspecified atom stereocenters. The highest BCUT2D eigenvalue weighted by Gasteiger charge is 2.37. The Kier molecular flexibility index (Phi) is 4.90. The smallest absolute Gasteiger partial charge is 0.253 e. The molecule has 0 radical (unpaired) electrons. The topological polar surface area (TPSA) is 58.6 Å². The number of hydrogen-bond acceptors (Lipinski definition) is 3. The first kappa shape index (κ1) is 17.7. The van der Waals surface area contributed by atoms with Crippen LogP contribution in [0.4, 0.5) is 15.8 Å². The average molecular weight is 368 g/mol. The fourth-order valence-corrected chi connectivity index (χ4v) is 3.47. The first-order valence-electron chi connectivity index (χ1n) is 9.16. The molecule has 1 aliphatic heterocycles. The SMILES string of the molecule is O=C(Nc1ccc(N2CCOCC2=O)cc1)C(c1ccc(F)cc1)C1CC1. The summed E-state index contributed by atoms with van der Waals surface area (Å²) in [5.74, 6) is -0.420. The van der Waals surface area contributed by atoms with E-state index in [9.17, 15) is 14.0 Å². The number of morpholine rings is 1. The van der Waals surface area contributed by atoms with Crippen molar-refractivity contribution in [3.8, 4) is 0 Å². The maximum absolute atomic E-state index is 13.2. The van der Waals surface area contributed by atoms with Gasteiger partial charge in [0.25, 0.3) is 5.91 Å². The number of halogens is 1. The lowest BCUT2D eigenvalue weighted by Crippen LogP contribution is -2.41. The van der Waals surface area contributed by atoms with Crippen LogP contribution in [0.25, 0.3) is 0 Å². The maximum Gasteiger partial charge on any atom is 0.253 e. The van der Waals surface area contributed by atoms with E-state index in [2.05, 4.69) is 5.32 Å². The number of hydrogen-bond donors (Lipinski definition) is 1. The van der Waals surface area contributed by atoms with Gasteiger partial charge in [-0.05, 0) is 60.7 Å². The van der Waals surface area contributed by atoms with Crippen LogP contribution in [0.5, 0.6) is 0 Å². The molecular formula is C21H21FN2O3. The van der Waals surface area contributed by atoms with E-state index in [0.717, 1.165) is 24.1 Å². The monoisotopic (exact) mass is 368 g/mol. The van der Waals surface area contributed by atoms with Crippen molar-refractivity contribution in [2.75, 3.05) is 30.0 Å². The van der Waals surface area contributed by atoms with E-state index in [1.165, 1.54) is 12.1 Å². The highest BCUT2D eigenvalue weighted by atomic mass is 19.1. The number of carbonyl (C=O) groups excluding carboxylic acids is 2. The molecule has 27 heavy (non-hydrogen) atoms. The minimum absolute atomic E-state index is 0.0665. The van der Waals surface area contributed by atoms with Gasteiger partial charge in [0, 0.05) is 17.9 Å². The lowest BCUT2D eigenvalue weighted by Gasteiger charge is -2.27. The van der Waals surface area contributed by atoms with Gasteiger partial charge >= 0.3 is 0 Å². The summed E-state index contributed by atoms with van der Waals surface area (Å²) in [5, 5.41) is 2.96. The Balaban J connectivity index is 1.46. The Morgan fingerprint density at radius 3 is 2.44 bits per heavy atom. The van der Waals surface area contributed by atoms with Gasteiger partial charge in [-0.1, -0.05) is 12.1 Å². The molecule has 0 bridgehead atoms. The lowest BCUT2D eigenvalue weighted by molar-refractivity contribution is -0.125. The number of ether oxygens (including phenoxy) is 1. The quantitative estimate of drug-likeness (QED) is 0.881. The number of rotatable bonds is 5. The van der Waals surface area contributed by atoms with E-state index in [1.54, 1.807) is 29.2 Å². The molecule has 1 aliphatic carbocycles. The van der Waals surface area contributed by atoms with Crippen molar-refractivity contribution in [1.82, 2.24) is 0 Å². The molecule has 4 rings (SSSR count). The van der Waals surface area contributed by atoms with Gasteiger partial charge < -0.3 is 15.0 Å². The lowest BCUT2D eigenvalue weighted by atomic mass is 9.93. The largest absolute Gasteiger partial charge is 0.370 e. The molecule has 2 amide bonds. The summed E-state index contributed by atoms with van der Waals surface area (Å²) in [6.45, 7) is 1.14. The summed E-state index contributed by atoms with van der Waals surface area (Å²) in [4.78, 5) is 26.4. The second-order valence-corrected chi connectivity index (χ2v) is 7.00. The number of nitrogens with one attached hydrogen (secondary N) is 1. The summed E-state index contributed by atoms with van der Waals surface area (Å²) in [6.07, 6.45) is 2.01. The number of anilines is 2. The van der Waals surface area contributed by atoms with Gasteiger partial charge in [0.15, 0.2) is 0 Å². The van der Waals surface area contributed by atoms with Crippen molar-refractivity contribution >= 4 is 23.2 Å². The fraction of sp³-hybridized carbons (Fsp3) is 0.333. The summed E-state index contributed by atoms with van der Waals surface area (Å²) in [5.41, 5.74) is 2.31. The van der Waals surface area contributed by atoms with Crippen molar-refractivity contribution in [1.29, 1.82) is 0 Å². The molecule has 1 saturated heterocycles. The molecule has 0 spiro atoms. The van der Waals surface area contributed by atoms with Crippen LogP contribution in [0, 0.1) is 11.7 Å². The standard InChI is InChI=1S/C21H21FN2O3/c22-16-5-3-15(4-6-16)20(14-1-2-14)21(26)23-17-7-9-18(10-8-17)24-11-12-27-13-19(24)25/h3-10,14,20H,1-2,11-13H2,(H,23,26). The van der Waals surface area contributed by atoms with E-state index in [4.69, 9.17) is 4.74 Å². The van der Waals surface area contributed by atoms with Crippen molar-refractivity contribution in [3.63, 3.8) is 0 Å². The van der Waals surface area contributed by atoms with Crippen LogP contribution in [0.1, 0.15) is 24.3 Å². The summed E-state index contributed by atoms with van der Waals surface area (Å²) >= 11 is 0. The summed E-state index contributed by atoms with van der Waals surface area (Å²) < 4.78 is 18.3. The Morgan fingerprint density at radius 1 is 1.11 bits per heavy atom. The molecule has 1 N–H and O–H groups in total. The number of amides is 2. The van der Waals surface area contributed by atoms with Crippen LogP contribution in [0.3, 0.4) is 0 Å². The van der Waals surface area contributed by atoms with Gasteiger partial charge in [-0.2, -0.15) is 0 Å². The van der Waals surface area contributed by atoms with Crippen LogP contribution in [0.2, 0.25) is 0 Å². The normalized spacial score (nSPS) is 18.3.